The van der Waals surface area contributed by atoms with Crippen LogP contribution in [-0.2, 0) is 0 Å². The van der Waals surface area contributed by atoms with Crippen LogP contribution in [0.15, 0.2) is 0 Å². The van der Waals surface area contributed by atoms with Crippen molar-refractivity contribution in [2.45, 2.75) is 46.5 Å². The van der Waals surface area contributed by atoms with Gasteiger partial charge in [0.1, 0.15) is 0 Å². The molecule has 0 aliphatic rings. The Balaban J connectivity index is 3.79. The summed E-state index contributed by atoms with van der Waals surface area (Å²) in [6.07, 6.45) is 3.90. The second-order valence-electron chi connectivity index (χ2n) is 5.01. The minimum atomic E-state index is 0.270. The highest BCUT2D eigenvalue weighted by Gasteiger charge is 2.17. The first kappa shape index (κ1) is 12.9. The SMILES string of the molecule is CC(C)(C)C[C@@H](CCO)CCCO. The van der Waals surface area contributed by atoms with Crippen molar-refractivity contribution >= 4 is 0 Å². The smallest absolute Gasteiger partial charge is 0.0433 e. The lowest BCUT2D eigenvalue weighted by molar-refractivity contribution is 0.195. The Labute approximate surface area is 82.0 Å². The molecule has 0 rings (SSSR count). The first-order chi connectivity index (χ1) is 5.99. The third kappa shape index (κ3) is 8.26. The quantitative estimate of drug-likeness (QED) is 0.671. The largest absolute Gasteiger partial charge is 0.396 e. The van der Waals surface area contributed by atoms with Crippen molar-refractivity contribution in [3.8, 4) is 0 Å². The highest BCUT2D eigenvalue weighted by molar-refractivity contribution is 4.69. The predicted octanol–water partition coefficient (Wildman–Crippen LogP) is 2.19. The average molecular weight is 188 g/mol. The van der Waals surface area contributed by atoms with E-state index in [1.165, 1.54) is 0 Å². The van der Waals surface area contributed by atoms with Crippen molar-refractivity contribution in [1.29, 1.82) is 0 Å². The van der Waals surface area contributed by atoms with Crippen molar-refractivity contribution in [2.75, 3.05) is 13.2 Å². The van der Waals surface area contributed by atoms with Crippen LogP contribution in [0.5, 0.6) is 0 Å². The molecule has 0 bridgehead atoms. The van der Waals surface area contributed by atoms with E-state index in [1.54, 1.807) is 0 Å². The predicted molar refractivity (Wildman–Crippen MR) is 55.6 cm³/mol. The third-order valence-corrected chi connectivity index (χ3v) is 2.21. The minimum absolute atomic E-state index is 0.270. The molecular weight excluding hydrogens is 164 g/mol. The number of aliphatic hydroxyl groups excluding tert-OH is 2. The van der Waals surface area contributed by atoms with Gasteiger partial charge in [-0.1, -0.05) is 20.8 Å². The summed E-state index contributed by atoms with van der Waals surface area (Å²) in [4.78, 5) is 0. The minimum Gasteiger partial charge on any atom is -0.396 e. The topological polar surface area (TPSA) is 40.5 Å². The van der Waals surface area contributed by atoms with E-state index in [4.69, 9.17) is 10.2 Å². The van der Waals surface area contributed by atoms with Crippen LogP contribution in [0, 0.1) is 11.3 Å². The van der Waals surface area contributed by atoms with Gasteiger partial charge < -0.3 is 10.2 Å². The molecule has 0 radical (unpaired) electrons. The van der Waals surface area contributed by atoms with Gasteiger partial charge in [0.15, 0.2) is 0 Å². The fourth-order valence-electron chi connectivity index (χ4n) is 1.78. The molecule has 1 atom stereocenters. The summed E-state index contributed by atoms with van der Waals surface area (Å²) in [6, 6.07) is 0. The average Bonchev–Trinajstić information content (AvgIpc) is 1.98. The van der Waals surface area contributed by atoms with E-state index in [0.29, 0.717) is 11.3 Å². The highest BCUT2D eigenvalue weighted by atomic mass is 16.3. The van der Waals surface area contributed by atoms with E-state index in [0.717, 1.165) is 25.7 Å². The van der Waals surface area contributed by atoms with Gasteiger partial charge in [0.2, 0.25) is 0 Å². The van der Waals surface area contributed by atoms with Gasteiger partial charge in [0.05, 0.1) is 0 Å². The molecule has 2 nitrogen and oxygen atoms in total. The zero-order valence-electron chi connectivity index (χ0n) is 9.21. The van der Waals surface area contributed by atoms with Crippen LogP contribution in [0.2, 0.25) is 0 Å². The van der Waals surface area contributed by atoms with Gasteiger partial charge in [-0.2, -0.15) is 0 Å². The second-order valence-corrected chi connectivity index (χ2v) is 5.01. The molecule has 2 N–H and O–H groups in total. The van der Waals surface area contributed by atoms with Crippen molar-refractivity contribution in [2.24, 2.45) is 11.3 Å². The molecule has 0 heterocycles. The third-order valence-electron chi connectivity index (χ3n) is 2.21. The van der Waals surface area contributed by atoms with Crippen LogP contribution in [0.1, 0.15) is 46.5 Å². The Kier molecular flexibility index (Phi) is 6.35. The molecule has 0 saturated heterocycles. The molecule has 0 aliphatic heterocycles. The standard InChI is InChI=1S/C11H24O2/c1-11(2,3)9-10(6-8-13)5-4-7-12/h10,12-13H,4-9H2,1-3H3/t10-/m1/s1. The molecule has 0 saturated carbocycles. The van der Waals surface area contributed by atoms with Crippen molar-refractivity contribution in [3.63, 3.8) is 0 Å². The van der Waals surface area contributed by atoms with Gasteiger partial charge in [-0.05, 0) is 37.0 Å². The van der Waals surface area contributed by atoms with E-state index in [9.17, 15) is 0 Å². The van der Waals surface area contributed by atoms with Crippen LogP contribution in [0.25, 0.3) is 0 Å². The molecule has 0 spiro atoms. The molecule has 0 fully saturated rings. The summed E-state index contributed by atoms with van der Waals surface area (Å²) in [5.41, 5.74) is 0.329. The summed E-state index contributed by atoms with van der Waals surface area (Å²) in [5, 5.41) is 17.6. The van der Waals surface area contributed by atoms with Gasteiger partial charge >= 0.3 is 0 Å². The van der Waals surface area contributed by atoms with Crippen LogP contribution in [-0.4, -0.2) is 23.4 Å². The summed E-state index contributed by atoms with van der Waals surface area (Å²) in [5.74, 6) is 0.567. The molecule has 0 aromatic heterocycles. The first-order valence-corrected chi connectivity index (χ1v) is 5.21. The Morgan fingerprint density at radius 3 is 2.00 bits per heavy atom. The maximum Gasteiger partial charge on any atom is 0.0433 e. The van der Waals surface area contributed by atoms with E-state index >= 15 is 0 Å². The zero-order valence-corrected chi connectivity index (χ0v) is 9.21. The molecule has 80 valence electrons. The van der Waals surface area contributed by atoms with E-state index in [1.807, 2.05) is 0 Å². The molecule has 0 aromatic rings. The van der Waals surface area contributed by atoms with Crippen LogP contribution < -0.4 is 0 Å². The molecule has 2 heteroatoms. The van der Waals surface area contributed by atoms with Crippen molar-refractivity contribution in [3.05, 3.63) is 0 Å². The first-order valence-electron chi connectivity index (χ1n) is 5.21. The van der Waals surface area contributed by atoms with E-state index in [-0.39, 0.29) is 13.2 Å². The van der Waals surface area contributed by atoms with Crippen molar-refractivity contribution < 1.29 is 10.2 Å². The van der Waals surface area contributed by atoms with Gasteiger partial charge in [-0.3, -0.25) is 0 Å². The molecule has 0 amide bonds. The lowest BCUT2D eigenvalue weighted by Crippen LogP contribution is -2.15. The van der Waals surface area contributed by atoms with E-state index < -0.39 is 0 Å². The monoisotopic (exact) mass is 188 g/mol. The maximum absolute atomic E-state index is 8.87. The van der Waals surface area contributed by atoms with Crippen molar-refractivity contribution in [1.82, 2.24) is 0 Å². The maximum atomic E-state index is 8.87. The van der Waals surface area contributed by atoms with Crippen LogP contribution in [0.4, 0.5) is 0 Å². The van der Waals surface area contributed by atoms with Crippen LogP contribution in [0.3, 0.4) is 0 Å². The molecular formula is C11H24O2. The zero-order chi connectivity index (χ0) is 10.3. The fourth-order valence-corrected chi connectivity index (χ4v) is 1.78. The normalized spacial score (nSPS) is 14.5. The number of hydrogen-bond acceptors (Lipinski definition) is 2. The molecule has 0 unspecified atom stereocenters. The summed E-state index contributed by atoms with van der Waals surface area (Å²) in [6.45, 7) is 7.20. The van der Waals surface area contributed by atoms with Gasteiger partial charge in [0, 0.05) is 13.2 Å². The van der Waals surface area contributed by atoms with Gasteiger partial charge in [-0.25, -0.2) is 0 Å². The second kappa shape index (κ2) is 6.39. The lowest BCUT2D eigenvalue weighted by atomic mass is 9.81. The van der Waals surface area contributed by atoms with Gasteiger partial charge in [0.25, 0.3) is 0 Å². The summed E-state index contributed by atoms with van der Waals surface area (Å²) in [7, 11) is 0. The Morgan fingerprint density at radius 1 is 1.00 bits per heavy atom. The Hall–Kier alpha value is -0.0800. The number of aliphatic hydroxyl groups is 2. The highest BCUT2D eigenvalue weighted by Crippen LogP contribution is 2.28. The van der Waals surface area contributed by atoms with Crippen LogP contribution >= 0.6 is 0 Å². The Morgan fingerprint density at radius 2 is 1.62 bits per heavy atom. The summed E-state index contributed by atoms with van der Waals surface area (Å²) >= 11 is 0. The number of rotatable bonds is 6. The fraction of sp³-hybridized carbons (Fsp3) is 1.00. The molecule has 0 aromatic carbocycles. The molecule has 13 heavy (non-hydrogen) atoms. The Bertz CT molecular complexity index is 116. The molecule has 0 aliphatic carbocycles. The summed E-state index contributed by atoms with van der Waals surface area (Å²) < 4.78 is 0. The van der Waals surface area contributed by atoms with E-state index in [2.05, 4.69) is 20.8 Å². The number of hydrogen-bond donors (Lipinski definition) is 2. The lowest BCUT2D eigenvalue weighted by Gasteiger charge is -2.25. The van der Waals surface area contributed by atoms with Gasteiger partial charge in [-0.15, -0.1) is 0 Å².